The maximum Gasteiger partial charge on any atom is 0.419 e. The second-order valence-corrected chi connectivity index (χ2v) is 6.77. The number of aromatic nitrogens is 1. The minimum Gasteiger partial charge on any atom is -0.408 e. The average molecular weight is 359 g/mol. The first-order valence-corrected chi connectivity index (χ1v) is 9.28. The molecule has 0 aliphatic heterocycles. The SMILES string of the molecule is O=C(CCCn1c(=O)oc2ccccc21)NCC(=O)NC1CCCCC1. The zero-order chi connectivity index (χ0) is 18.4. The molecule has 2 aromatic rings. The van der Waals surface area contributed by atoms with E-state index in [0.29, 0.717) is 18.5 Å². The van der Waals surface area contributed by atoms with Crippen LogP contribution in [0.4, 0.5) is 0 Å². The molecule has 0 atom stereocenters. The lowest BCUT2D eigenvalue weighted by molar-refractivity contribution is -0.126. The average Bonchev–Trinajstić information content (AvgIpc) is 2.96. The van der Waals surface area contributed by atoms with Gasteiger partial charge in [-0.15, -0.1) is 0 Å². The van der Waals surface area contributed by atoms with Crippen LogP contribution in [0.15, 0.2) is 33.5 Å². The van der Waals surface area contributed by atoms with E-state index in [1.54, 1.807) is 12.1 Å². The summed E-state index contributed by atoms with van der Waals surface area (Å²) in [7, 11) is 0. The first kappa shape index (κ1) is 18.2. The normalized spacial score (nSPS) is 15.1. The second-order valence-electron chi connectivity index (χ2n) is 6.77. The molecule has 0 bridgehead atoms. The highest BCUT2D eigenvalue weighted by Crippen LogP contribution is 2.17. The van der Waals surface area contributed by atoms with Gasteiger partial charge in [-0.1, -0.05) is 31.4 Å². The van der Waals surface area contributed by atoms with E-state index < -0.39 is 5.76 Å². The van der Waals surface area contributed by atoms with Gasteiger partial charge >= 0.3 is 5.76 Å². The molecular weight excluding hydrogens is 334 g/mol. The lowest BCUT2D eigenvalue weighted by Crippen LogP contribution is -2.42. The number of para-hydroxylation sites is 2. The van der Waals surface area contributed by atoms with Crippen molar-refractivity contribution in [2.45, 2.75) is 57.5 Å². The summed E-state index contributed by atoms with van der Waals surface area (Å²) in [6.07, 6.45) is 6.33. The Labute approximate surface area is 151 Å². The molecule has 1 aromatic heterocycles. The van der Waals surface area contributed by atoms with Gasteiger partial charge < -0.3 is 15.1 Å². The van der Waals surface area contributed by atoms with Gasteiger partial charge in [-0.3, -0.25) is 14.2 Å². The standard InChI is InChI=1S/C19H25N3O4/c23-17(20-13-18(24)21-14-7-2-1-3-8-14)11-6-12-22-15-9-4-5-10-16(15)26-19(22)25/h4-5,9-10,14H,1-3,6-8,11-13H2,(H,20,23)(H,21,24). The molecule has 1 saturated carbocycles. The van der Waals surface area contributed by atoms with E-state index in [0.717, 1.165) is 31.2 Å². The number of amides is 2. The predicted octanol–water partition coefficient (Wildman–Crippen LogP) is 1.94. The third kappa shape index (κ3) is 4.74. The first-order chi connectivity index (χ1) is 12.6. The number of carbonyl (C=O) groups is 2. The Morgan fingerprint density at radius 2 is 1.88 bits per heavy atom. The number of nitrogens with zero attached hydrogens (tertiary/aromatic N) is 1. The van der Waals surface area contributed by atoms with Gasteiger partial charge in [-0.2, -0.15) is 0 Å². The van der Waals surface area contributed by atoms with E-state index in [9.17, 15) is 14.4 Å². The van der Waals surface area contributed by atoms with E-state index >= 15 is 0 Å². The molecule has 7 nitrogen and oxygen atoms in total. The van der Waals surface area contributed by atoms with E-state index in [1.165, 1.54) is 11.0 Å². The van der Waals surface area contributed by atoms with Crippen molar-refractivity contribution >= 4 is 22.9 Å². The van der Waals surface area contributed by atoms with Crippen molar-refractivity contribution in [3.63, 3.8) is 0 Å². The van der Waals surface area contributed by atoms with Crippen LogP contribution in [-0.4, -0.2) is 29.0 Å². The number of benzene rings is 1. The minimum absolute atomic E-state index is 0.00389. The zero-order valence-electron chi connectivity index (χ0n) is 14.8. The Bertz CT molecular complexity index is 818. The number of fused-ring (bicyclic) bond motifs is 1. The van der Waals surface area contributed by atoms with Gasteiger partial charge in [0.1, 0.15) is 0 Å². The molecule has 2 N–H and O–H groups in total. The van der Waals surface area contributed by atoms with Crippen molar-refractivity contribution in [1.29, 1.82) is 0 Å². The molecule has 0 unspecified atom stereocenters. The van der Waals surface area contributed by atoms with E-state index in [1.807, 2.05) is 12.1 Å². The number of oxazole rings is 1. The lowest BCUT2D eigenvalue weighted by atomic mass is 9.95. The smallest absolute Gasteiger partial charge is 0.408 e. The lowest BCUT2D eigenvalue weighted by Gasteiger charge is -2.22. The molecule has 3 rings (SSSR count). The Morgan fingerprint density at radius 1 is 1.12 bits per heavy atom. The molecule has 1 heterocycles. The quantitative estimate of drug-likeness (QED) is 0.790. The zero-order valence-corrected chi connectivity index (χ0v) is 14.8. The fourth-order valence-corrected chi connectivity index (χ4v) is 3.42. The largest absolute Gasteiger partial charge is 0.419 e. The van der Waals surface area contributed by atoms with Crippen LogP contribution in [-0.2, 0) is 16.1 Å². The number of hydrogen-bond donors (Lipinski definition) is 2. The van der Waals surface area contributed by atoms with Gasteiger partial charge in [0.2, 0.25) is 11.8 Å². The van der Waals surface area contributed by atoms with Crippen LogP contribution >= 0.6 is 0 Å². The summed E-state index contributed by atoms with van der Waals surface area (Å²) in [5.41, 5.74) is 1.27. The van der Waals surface area contributed by atoms with Gasteiger partial charge in [0.05, 0.1) is 12.1 Å². The number of carbonyl (C=O) groups excluding carboxylic acids is 2. The van der Waals surface area contributed by atoms with Crippen LogP contribution in [0.25, 0.3) is 11.1 Å². The molecule has 0 saturated heterocycles. The minimum atomic E-state index is -0.418. The van der Waals surface area contributed by atoms with Crippen molar-refractivity contribution in [2.24, 2.45) is 0 Å². The van der Waals surface area contributed by atoms with Gasteiger partial charge in [0.15, 0.2) is 5.58 Å². The Balaban J connectivity index is 1.39. The van der Waals surface area contributed by atoms with Gasteiger partial charge in [-0.25, -0.2) is 4.79 Å². The van der Waals surface area contributed by atoms with Crippen LogP contribution in [0, 0.1) is 0 Å². The van der Waals surface area contributed by atoms with Crippen molar-refractivity contribution in [2.75, 3.05) is 6.54 Å². The predicted molar refractivity (Wildman–Crippen MR) is 97.7 cm³/mol. The van der Waals surface area contributed by atoms with Crippen LogP contribution < -0.4 is 16.4 Å². The highest BCUT2D eigenvalue weighted by atomic mass is 16.4. The summed E-state index contributed by atoms with van der Waals surface area (Å²) in [6.45, 7) is 0.404. The Morgan fingerprint density at radius 3 is 2.69 bits per heavy atom. The third-order valence-electron chi connectivity index (χ3n) is 4.78. The van der Waals surface area contributed by atoms with Crippen LogP contribution in [0.5, 0.6) is 0 Å². The highest BCUT2D eigenvalue weighted by molar-refractivity contribution is 5.84. The molecule has 1 aliphatic carbocycles. The molecule has 7 heteroatoms. The molecule has 0 radical (unpaired) electrons. The fourth-order valence-electron chi connectivity index (χ4n) is 3.42. The third-order valence-corrected chi connectivity index (χ3v) is 4.78. The first-order valence-electron chi connectivity index (χ1n) is 9.28. The van der Waals surface area contributed by atoms with E-state index in [4.69, 9.17) is 4.42 Å². The maximum absolute atomic E-state index is 11.9. The Hall–Kier alpha value is -2.57. The summed E-state index contributed by atoms with van der Waals surface area (Å²) in [5.74, 6) is -0.745. The summed E-state index contributed by atoms with van der Waals surface area (Å²) in [6, 6.07) is 7.45. The fraction of sp³-hybridized carbons (Fsp3) is 0.526. The van der Waals surface area contributed by atoms with Crippen LogP contribution in [0.2, 0.25) is 0 Å². The van der Waals surface area contributed by atoms with Crippen molar-refractivity contribution in [1.82, 2.24) is 15.2 Å². The highest BCUT2D eigenvalue weighted by Gasteiger charge is 2.16. The summed E-state index contributed by atoms with van der Waals surface area (Å²) < 4.78 is 6.69. The topological polar surface area (TPSA) is 93.3 Å². The molecule has 1 aliphatic rings. The maximum atomic E-state index is 11.9. The molecule has 26 heavy (non-hydrogen) atoms. The van der Waals surface area contributed by atoms with Crippen molar-refractivity contribution in [3.8, 4) is 0 Å². The van der Waals surface area contributed by atoms with E-state index in [-0.39, 0.29) is 30.8 Å². The molecule has 0 spiro atoms. The van der Waals surface area contributed by atoms with Crippen molar-refractivity contribution < 1.29 is 14.0 Å². The second kappa shape index (κ2) is 8.69. The molecule has 1 fully saturated rings. The molecule has 1 aromatic carbocycles. The molecule has 2 amide bonds. The molecule has 140 valence electrons. The number of rotatable bonds is 7. The monoisotopic (exact) mass is 359 g/mol. The Kier molecular flexibility index (Phi) is 6.09. The van der Waals surface area contributed by atoms with Gasteiger partial charge in [0.25, 0.3) is 0 Å². The summed E-state index contributed by atoms with van der Waals surface area (Å²) >= 11 is 0. The van der Waals surface area contributed by atoms with Gasteiger partial charge in [0, 0.05) is 19.0 Å². The van der Waals surface area contributed by atoms with Crippen molar-refractivity contribution in [3.05, 3.63) is 34.8 Å². The van der Waals surface area contributed by atoms with Crippen LogP contribution in [0.3, 0.4) is 0 Å². The summed E-state index contributed by atoms with van der Waals surface area (Å²) in [4.78, 5) is 35.7. The number of hydrogen-bond acceptors (Lipinski definition) is 4. The van der Waals surface area contributed by atoms with Gasteiger partial charge in [-0.05, 0) is 31.4 Å². The van der Waals surface area contributed by atoms with E-state index in [2.05, 4.69) is 10.6 Å². The number of aryl methyl sites for hydroxylation is 1. The number of nitrogens with one attached hydrogen (secondary N) is 2. The van der Waals surface area contributed by atoms with Crippen LogP contribution in [0.1, 0.15) is 44.9 Å². The summed E-state index contributed by atoms with van der Waals surface area (Å²) in [5, 5.41) is 5.61. The molecular formula is C19H25N3O4.